The summed E-state index contributed by atoms with van der Waals surface area (Å²) in [7, 11) is 0. The maximum Gasteiger partial charge on any atom is 0.236 e. The van der Waals surface area contributed by atoms with Crippen molar-refractivity contribution in [3.8, 4) is 0 Å². The molecule has 1 amide bonds. The molecule has 0 aliphatic carbocycles. The highest BCUT2D eigenvalue weighted by Gasteiger charge is 2.28. The highest BCUT2D eigenvalue weighted by atomic mass is 35.5. The molecule has 1 aliphatic rings. The zero-order valence-corrected chi connectivity index (χ0v) is 10.7. The van der Waals surface area contributed by atoms with Gasteiger partial charge >= 0.3 is 0 Å². The lowest BCUT2D eigenvalue weighted by molar-refractivity contribution is -0.116. The van der Waals surface area contributed by atoms with Crippen LogP contribution in [0.2, 0.25) is 5.02 Å². The standard InChI is InChI=1S/C15H12ClNO/c1-10-6-7-12(16)9-14(10)17-13-5-3-2-4-11(13)8-15(17)18/h2-7,9H,8H2,1H3. The van der Waals surface area contributed by atoms with Crippen molar-refractivity contribution >= 4 is 28.9 Å². The van der Waals surface area contributed by atoms with Gasteiger partial charge in [0, 0.05) is 5.02 Å². The van der Waals surface area contributed by atoms with Crippen LogP contribution in [0.3, 0.4) is 0 Å². The third-order valence-corrected chi connectivity index (χ3v) is 3.47. The number of anilines is 2. The van der Waals surface area contributed by atoms with E-state index in [9.17, 15) is 4.79 Å². The first-order valence-electron chi connectivity index (χ1n) is 5.84. The topological polar surface area (TPSA) is 20.3 Å². The monoisotopic (exact) mass is 257 g/mol. The lowest BCUT2D eigenvalue weighted by Crippen LogP contribution is -2.21. The summed E-state index contributed by atoms with van der Waals surface area (Å²) in [6.45, 7) is 1.99. The summed E-state index contributed by atoms with van der Waals surface area (Å²) in [5, 5.41) is 0.646. The molecule has 18 heavy (non-hydrogen) atoms. The van der Waals surface area contributed by atoms with E-state index in [-0.39, 0.29) is 5.91 Å². The first kappa shape index (κ1) is 11.3. The third kappa shape index (κ3) is 1.70. The highest BCUT2D eigenvalue weighted by molar-refractivity contribution is 6.31. The number of aryl methyl sites for hydroxylation is 1. The van der Waals surface area contributed by atoms with Gasteiger partial charge in [-0.15, -0.1) is 0 Å². The smallest absolute Gasteiger partial charge is 0.236 e. The van der Waals surface area contributed by atoms with Crippen molar-refractivity contribution in [3.63, 3.8) is 0 Å². The van der Waals surface area contributed by atoms with E-state index in [0.29, 0.717) is 11.4 Å². The molecule has 0 spiro atoms. The van der Waals surface area contributed by atoms with Crippen molar-refractivity contribution in [2.24, 2.45) is 0 Å². The minimum atomic E-state index is 0.0987. The summed E-state index contributed by atoms with van der Waals surface area (Å²) in [6.07, 6.45) is 0.460. The predicted octanol–water partition coefficient (Wildman–Crippen LogP) is 3.87. The van der Waals surface area contributed by atoms with E-state index in [4.69, 9.17) is 11.6 Å². The van der Waals surface area contributed by atoms with Crippen LogP contribution in [0.4, 0.5) is 11.4 Å². The molecule has 0 radical (unpaired) electrons. The van der Waals surface area contributed by atoms with E-state index in [1.807, 2.05) is 49.4 Å². The Morgan fingerprint density at radius 2 is 1.89 bits per heavy atom. The summed E-state index contributed by atoms with van der Waals surface area (Å²) >= 11 is 6.03. The van der Waals surface area contributed by atoms with Gasteiger partial charge in [0.1, 0.15) is 0 Å². The zero-order valence-electron chi connectivity index (χ0n) is 9.98. The van der Waals surface area contributed by atoms with Gasteiger partial charge in [0.2, 0.25) is 5.91 Å². The second kappa shape index (κ2) is 4.14. The van der Waals surface area contributed by atoms with Crippen LogP contribution in [0.5, 0.6) is 0 Å². The molecule has 0 saturated heterocycles. The first-order valence-corrected chi connectivity index (χ1v) is 6.21. The van der Waals surface area contributed by atoms with Crippen molar-refractivity contribution in [2.45, 2.75) is 13.3 Å². The number of amides is 1. The van der Waals surface area contributed by atoms with Crippen LogP contribution in [-0.2, 0) is 11.2 Å². The van der Waals surface area contributed by atoms with Gasteiger partial charge in [-0.05, 0) is 36.2 Å². The number of rotatable bonds is 1. The van der Waals surface area contributed by atoms with Crippen LogP contribution in [0.1, 0.15) is 11.1 Å². The number of fused-ring (bicyclic) bond motifs is 1. The Hall–Kier alpha value is -1.80. The van der Waals surface area contributed by atoms with Crippen LogP contribution >= 0.6 is 11.6 Å². The number of halogens is 1. The SMILES string of the molecule is Cc1ccc(Cl)cc1N1C(=O)Cc2ccccc21. The van der Waals surface area contributed by atoms with E-state index in [0.717, 1.165) is 22.5 Å². The molecule has 0 unspecified atom stereocenters. The number of hydrogen-bond donors (Lipinski definition) is 0. The fraction of sp³-hybridized carbons (Fsp3) is 0.133. The molecular formula is C15H12ClNO. The van der Waals surface area contributed by atoms with Gasteiger partial charge in [0.05, 0.1) is 17.8 Å². The van der Waals surface area contributed by atoms with Gasteiger partial charge in [-0.3, -0.25) is 9.69 Å². The van der Waals surface area contributed by atoms with Gasteiger partial charge in [0.25, 0.3) is 0 Å². The molecule has 0 N–H and O–H groups in total. The Kier molecular flexibility index (Phi) is 2.60. The molecule has 3 heteroatoms. The predicted molar refractivity (Wildman–Crippen MR) is 73.5 cm³/mol. The minimum Gasteiger partial charge on any atom is -0.280 e. The van der Waals surface area contributed by atoms with Gasteiger partial charge in [-0.2, -0.15) is 0 Å². The van der Waals surface area contributed by atoms with Gasteiger partial charge in [-0.1, -0.05) is 35.9 Å². The van der Waals surface area contributed by atoms with Gasteiger partial charge in [-0.25, -0.2) is 0 Å². The molecule has 3 rings (SSSR count). The first-order chi connectivity index (χ1) is 8.66. The van der Waals surface area contributed by atoms with E-state index < -0.39 is 0 Å². The minimum absolute atomic E-state index is 0.0987. The third-order valence-electron chi connectivity index (χ3n) is 3.24. The Morgan fingerprint density at radius 1 is 1.11 bits per heavy atom. The fourth-order valence-electron chi connectivity index (χ4n) is 2.34. The van der Waals surface area contributed by atoms with Crippen LogP contribution in [0, 0.1) is 6.92 Å². The molecule has 2 aromatic rings. The molecule has 1 aliphatic heterocycles. The molecule has 2 nitrogen and oxygen atoms in total. The normalized spacial score (nSPS) is 13.9. The second-order valence-corrected chi connectivity index (χ2v) is 4.90. The zero-order chi connectivity index (χ0) is 12.7. The molecular weight excluding hydrogens is 246 g/mol. The van der Waals surface area contributed by atoms with Gasteiger partial charge in [0.15, 0.2) is 0 Å². The van der Waals surface area contributed by atoms with Crippen LogP contribution in [0.25, 0.3) is 0 Å². The summed E-state index contributed by atoms with van der Waals surface area (Å²) in [5.41, 5.74) is 3.96. The molecule has 0 aromatic heterocycles. The van der Waals surface area contributed by atoms with E-state index >= 15 is 0 Å². The van der Waals surface area contributed by atoms with Crippen molar-refractivity contribution in [1.82, 2.24) is 0 Å². The number of para-hydroxylation sites is 1. The molecule has 0 atom stereocenters. The largest absolute Gasteiger partial charge is 0.280 e. The average Bonchev–Trinajstić information content (AvgIpc) is 2.68. The molecule has 1 heterocycles. The summed E-state index contributed by atoms with van der Waals surface area (Å²) in [4.78, 5) is 13.9. The number of nitrogens with zero attached hydrogens (tertiary/aromatic N) is 1. The lowest BCUT2D eigenvalue weighted by atomic mass is 10.1. The quantitative estimate of drug-likeness (QED) is 0.759. The molecule has 0 saturated carbocycles. The van der Waals surface area contributed by atoms with Crippen LogP contribution in [-0.4, -0.2) is 5.91 Å². The molecule has 2 aromatic carbocycles. The fourth-order valence-corrected chi connectivity index (χ4v) is 2.51. The van der Waals surface area contributed by atoms with Gasteiger partial charge < -0.3 is 0 Å². The second-order valence-electron chi connectivity index (χ2n) is 4.47. The Morgan fingerprint density at radius 3 is 2.72 bits per heavy atom. The highest BCUT2D eigenvalue weighted by Crippen LogP contribution is 2.37. The summed E-state index contributed by atoms with van der Waals surface area (Å²) in [5.74, 6) is 0.0987. The van der Waals surface area contributed by atoms with Crippen molar-refractivity contribution in [3.05, 3.63) is 58.6 Å². The molecule has 0 bridgehead atoms. The number of carbonyl (C=O) groups excluding carboxylic acids is 1. The van der Waals surface area contributed by atoms with Crippen molar-refractivity contribution in [1.29, 1.82) is 0 Å². The molecule has 0 fully saturated rings. The Labute approximate surface area is 111 Å². The number of carbonyl (C=O) groups is 1. The van der Waals surface area contributed by atoms with Crippen molar-refractivity contribution in [2.75, 3.05) is 4.90 Å². The maximum absolute atomic E-state index is 12.2. The van der Waals surface area contributed by atoms with Crippen LogP contribution < -0.4 is 4.90 Å². The van der Waals surface area contributed by atoms with Crippen LogP contribution in [0.15, 0.2) is 42.5 Å². The van der Waals surface area contributed by atoms with E-state index in [1.54, 1.807) is 4.90 Å². The Balaban J connectivity index is 2.17. The number of hydrogen-bond acceptors (Lipinski definition) is 1. The number of benzene rings is 2. The average molecular weight is 258 g/mol. The summed E-state index contributed by atoms with van der Waals surface area (Å²) in [6, 6.07) is 13.5. The maximum atomic E-state index is 12.2. The Bertz CT molecular complexity index is 636. The summed E-state index contributed by atoms with van der Waals surface area (Å²) < 4.78 is 0. The lowest BCUT2D eigenvalue weighted by Gasteiger charge is -2.20. The van der Waals surface area contributed by atoms with E-state index in [1.165, 1.54) is 0 Å². The molecule has 90 valence electrons. The van der Waals surface area contributed by atoms with E-state index in [2.05, 4.69) is 0 Å². The van der Waals surface area contributed by atoms with Crippen molar-refractivity contribution < 1.29 is 4.79 Å².